The van der Waals surface area contributed by atoms with E-state index < -0.39 is 0 Å². The number of amides is 1. The second-order valence-electron chi connectivity index (χ2n) is 5.13. The van der Waals surface area contributed by atoms with Crippen LogP contribution in [0.3, 0.4) is 0 Å². The van der Waals surface area contributed by atoms with E-state index in [0.29, 0.717) is 19.4 Å². The molecule has 1 amide bonds. The smallest absolute Gasteiger partial charge is 0.223 e. The van der Waals surface area contributed by atoms with E-state index in [2.05, 4.69) is 5.32 Å². The van der Waals surface area contributed by atoms with Crippen LogP contribution in [0.2, 0.25) is 0 Å². The first-order valence-electron chi connectivity index (χ1n) is 7.13. The van der Waals surface area contributed by atoms with Gasteiger partial charge in [-0.3, -0.25) is 4.79 Å². The third-order valence-electron chi connectivity index (χ3n) is 3.34. The van der Waals surface area contributed by atoms with Crippen LogP contribution in [0.4, 0.5) is 0 Å². The molecule has 0 aliphatic carbocycles. The molecule has 0 bridgehead atoms. The fraction of sp³-hybridized carbons (Fsp3) is 0.562. The number of aliphatic hydroxyl groups is 1. The molecule has 1 unspecified atom stereocenters. The van der Waals surface area contributed by atoms with Gasteiger partial charge in [0.15, 0.2) is 0 Å². The lowest BCUT2D eigenvalue weighted by molar-refractivity contribution is -0.122. The van der Waals surface area contributed by atoms with E-state index in [9.17, 15) is 4.79 Å². The predicted molar refractivity (Wildman–Crippen MR) is 80.0 cm³/mol. The largest absolute Gasteiger partial charge is 0.493 e. The Labute approximate surface area is 121 Å². The molecule has 0 aromatic heterocycles. The highest BCUT2D eigenvalue weighted by Gasteiger charge is 2.08. The van der Waals surface area contributed by atoms with Gasteiger partial charge < -0.3 is 15.2 Å². The average Bonchev–Trinajstić information content (AvgIpc) is 2.41. The van der Waals surface area contributed by atoms with Crippen molar-refractivity contribution in [3.05, 3.63) is 29.3 Å². The molecule has 0 aliphatic heterocycles. The summed E-state index contributed by atoms with van der Waals surface area (Å²) in [6.45, 7) is 6.54. The van der Waals surface area contributed by atoms with Crippen molar-refractivity contribution in [2.24, 2.45) is 0 Å². The van der Waals surface area contributed by atoms with Crippen molar-refractivity contribution in [1.82, 2.24) is 5.32 Å². The number of aryl methyl sites for hydroxylation is 1. The fourth-order valence-electron chi connectivity index (χ4n) is 1.95. The van der Waals surface area contributed by atoms with Gasteiger partial charge in [-0.2, -0.15) is 0 Å². The SMILES string of the molecule is Cc1cccc(OCCC(=O)NC(C)CCCO)c1C. The van der Waals surface area contributed by atoms with E-state index >= 15 is 0 Å². The monoisotopic (exact) mass is 279 g/mol. The molecule has 0 fully saturated rings. The number of nitrogens with one attached hydrogen (secondary N) is 1. The van der Waals surface area contributed by atoms with Gasteiger partial charge in [0, 0.05) is 12.6 Å². The van der Waals surface area contributed by atoms with Gasteiger partial charge in [0.25, 0.3) is 0 Å². The molecular weight excluding hydrogens is 254 g/mol. The minimum absolute atomic E-state index is 0.0132. The van der Waals surface area contributed by atoms with Crippen LogP contribution in [-0.4, -0.2) is 30.3 Å². The summed E-state index contributed by atoms with van der Waals surface area (Å²) in [5.74, 6) is 0.826. The van der Waals surface area contributed by atoms with Crippen LogP contribution in [0.1, 0.15) is 37.3 Å². The van der Waals surface area contributed by atoms with E-state index in [0.717, 1.165) is 17.7 Å². The van der Waals surface area contributed by atoms with Gasteiger partial charge in [-0.05, 0) is 50.8 Å². The highest BCUT2D eigenvalue weighted by molar-refractivity contribution is 5.76. The standard InChI is InChI=1S/C16H25NO3/c1-12-6-4-8-15(14(12)3)20-11-9-16(19)17-13(2)7-5-10-18/h4,6,8,13,18H,5,7,9-11H2,1-3H3,(H,17,19). The lowest BCUT2D eigenvalue weighted by Gasteiger charge is -2.14. The van der Waals surface area contributed by atoms with Crippen molar-refractivity contribution < 1.29 is 14.6 Å². The molecule has 0 saturated carbocycles. The molecule has 112 valence electrons. The number of hydrogen-bond acceptors (Lipinski definition) is 3. The van der Waals surface area contributed by atoms with Crippen LogP contribution in [0.25, 0.3) is 0 Å². The van der Waals surface area contributed by atoms with Gasteiger partial charge in [-0.15, -0.1) is 0 Å². The Morgan fingerprint density at radius 2 is 2.15 bits per heavy atom. The maximum atomic E-state index is 11.7. The normalized spacial score (nSPS) is 12.0. The van der Waals surface area contributed by atoms with Crippen molar-refractivity contribution in [1.29, 1.82) is 0 Å². The minimum Gasteiger partial charge on any atom is -0.493 e. The molecule has 0 saturated heterocycles. The zero-order chi connectivity index (χ0) is 15.0. The molecule has 4 nitrogen and oxygen atoms in total. The van der Waals surface area contributed by atoms with Gasteiger partial charge in [-0.1, -0.05) is 12.1 Å². The summed E-state index contributed by atoms with van der Waals surface area (Å²) in [6, 6.07) is 6.01. The van der Waals surface area contributed by atoms with Crippen LogP contribution in [0.5, 0.6) is 5.75 Å². The molecule has 2 N–H and O–H groups in total. The Balaban J connectivity index is 2.30. The first-order valence-corrected chi connectivity index (χ1v) is 7.13. The van der Waals surface area contributed by atoms with Crippen molar-refractivity contribution in [3.8, 4) is 5.75 Å². The van der Waals surface area contributed by atoms with Gasteiger partial charge in [0.1, 0.15) is 5.75 Å². The number of carbonyl (C=O) groups is 1. The second-order valence-corrected chi connectivity index (χ2v) is 5.13. The van der Waals surface area contributed by atoms with Crippen LogP contribution >= 0.6 is 0 Å². The Kier molecular flexibility index (Phi) is 7.09. The summed E-state index contributed by atoms with van der Waals surface area (Å²) in [6.07, 6.45) is 1.84. The Hall–Kier alpha value is -1.55. The van der Waals surface area contributed by atoms with E-state index in [-0.39, 0.29) is 18.6 Å². The van der Waals surface area contributed by atoms with Crippen molar-refractivity contribution in [2.75, 3.05) is 13.2 Å². The van der Waals surface area contributed by atoms with Crippen LogP contribution in [0, 0.1) is 13.8 Å². The van der Waals surface area contributed by atoms with E-state index in [1.807, 2.05) is 39.0 Å². The third-order valence-corrected chi connectivity index (χ3v) is 3.34. The molecule has 1 aromatic carbocycles. The number of rotatable bonds is 8. The molecule has 1 atom stereocenters. The molecule has 1 rings (SSSR count). The molecular formula is C16H25NO3. The summed E-state index contributed by atoms with van der Waals surface area (Å²) >= 11 is 0. The topological polar surface area (TPSA) is 58.6 Å². The summed E-state index contributed by atoms with van der Waals surface area (Å²) in [4.78, 5) is 11.7. The molecule has 0 heterocycles. The minimum atomic E-state index is -0.0132. The van der Waals surface area contributed by atoms with Crippen molar-refractivity contribution in [3.63, 3.8) is 0 Å². The van der Waals surface area contributed by atoms with E-state index in [1.165, 1.54) is 5.56 Å². The predicted octanol–water partition coefficient (Wildman–Crippen LogP) is 2.35. The van der Waals surface area contributed by atoms with Crippen molar-refractivity contribution in [2.45, 2.75) is 46.1 Å². The van der Waals surface area contributed by atoms with Crippen LogP contribution < -0.4 is 10.1 Å². The number of benzene rings is 1. The second kappa shape index (κ2) is 8.59. The molecule has 20 heavy (non-hydrogen) atoms. The first kappa shape index (κ1) is 16.5. The lowest BCUT2D eigenvalue weighted by Crippen LogP contribution is -2.33. The Morgan fingerprint density at radius 3 is 2.85 bits per heavy atom. The third kappa shape index (κ3) is 5.61. The summed E-state index contributed by atoms with van der Waals surface area (Å²) in [5.41, 5.74) is 2.30. The zero-order valence-electron chi connectivity index (χ0n) is 12.6. The average molecular weight is 279 g/mol. The number of aliphatic hydroxyl groups excluding tert-OH is 1. The van der Waals surface area contributed by atoms with Gasteiger partial charge in [-0.25, -0.2) is 0 Å². The number of carbonyl (C=O) groups excluding carboxylic acids is 1. The van der Waals surface area contributed by atoms with Crippen LogP contribution in [-0.2, 0) is 4.79 Å². The highest BCUT2D eigenvalue weighted by Crippen LogP contribution is 2.20. The Bertz CT molecular complexity index is 432. The van der Waals surface area contributed by atoms with Gasteiger partial charge in [0.05, 0.1) is 13.0 Å². The highest BCUT2D eigenvalue weighted by atomic mass is 16.5. The van der Waals surface area contributed by atoms with Crippen LogP contribution in [0.15, 0.2) is 18.2 Å². The van der Waals surface area contributed by atoms with Gasteiger partial charge >= 0.3 is 0 Å². The van der Waals surface area contributed by atoms with E-state index in [1.54, 1.807) is 0 Å². The maximum Gasteiger partial charge on any atom is 0.223 e. The summed E-state index contributed by atoms with van der Waals surface area (Å²) in [5, 5.41) is 11.6. The Morgan fingerprint density at radius 1 is 1.40 bits per heavy atom. The first-order chi connectivity index (χ1) is 9.54. The number of hydrogen-bond donors (Lipinski definition) is 2. The maximum absolute atomic E-state index is 11.7. The zero-order valence-corrected chi connectivity index (χ0v) is 12.6. The molecule has 1 aromatic rings. The lowest BCUT2D eigenvalue weighted by atomic mass is 10.1. The molecule has 4 heteroatoms. The van der Waals surface area contributed by atoms with E-state index in [4.69, 9.17) is 9.84 Å². The quantitative estimate of drug-likeness (QED) is 0.768. The molecule has 0 aliphatic rings. The number of ether oxygens (including phenoxy) is 1. The van der Waals surface area contributed by atoms with Gasteiger partial charge in [0.2, 0.25) is 5.91 Å². The molecule has 0 radical (unpaired) electrons. The fourth-order valence-corrected chi connectivity index (χ4v) is 1.95. The summed E-state index contributed by atoms with van der Waals surface area (Å²) in [7, 11) is 0. The molecule has 0 spiro atoms. The van der Waals surface area contributed by atoms with Crippen molar-refractivity contribution >= 4 is 5.91 Å². The summed E-state index contributed by atoms with van der Waals surface area (Å²) < 4.78 is 5.65.